The molecule has 1 atom stereocenters. The van der Waals surface area contributed by atoms with Gasteiger partial charge < -0.3 is 5.32 Å². The van der Waals surface area contributed by atoms with E-state index >= 15 is 0 Å². The third-order valence-corrected chi connectivity index (χ3v) is 3.17. The summed E-state index contributed by atoms with van der Waals surface area (Å²) in [6, 6.07) is 10.9. The first-order valence-electron chi connectivity index (χ1n) is 5.53. The van der Waals surface area contributed by atoms with Gasteiger partial charge in [-0.1, -0.05) is 28.1 Å². The minimum Gasteiger partial charge on any atom is -0.376 e. The molecule has 2 aromatic rings. The summed E-state index contributed by atoms with van der Waals surface area (Å²) in [6.45, 7) is 1.90. The topological polar surface area (TPSA) is 12.0 Å². The van der Waals surface area contributed by atoms with Crippen LogP contribution in [0.15, 0.2) is 46.9 Å². The second kappa shape index (κ2) is 5.48. The summed E-state index contributed by atoms with van der Waals surface area (Å²) in [5.41, 5.74) is 1.33. The van der Waals surface area contributed by atoms with Crippen LogP contribution in [0.2, 0.25) is 0 Å². The van der Waals surface area contributed by atoms with Crippen LogP contribution in [0.5, 0.6) is 0 Å². The van der Waals surface area contributed by atoms with Crippen LogP contribution in [0.1, 0.15) is 18.5 Å². The van der Waals surface area contributed by atoms with E-state index in [0.29, 0.717) is 10.2 Å². The van der Waals surface area contributed by atoms with Crippen molar-refractivity contribution in [1.82, 2.24) is 0 Å². The van der Waals surface area contributed by atoms with E-state index in [2.05, 4.69) is 21.2 Å². The van der Waals surface area contributed by atoms with Gasteiger partial charge >= 0.3 is 0 Å². The quantitative estimate of drug-likeness (QED) is 0.850. The van der Waals surface area contributed by atoms with Crippen molar-refractivity contribution in [3.8, 4) is 0 Å². The molecule has 2 aromatic carbocycles. The number of halogens is 3. The summed E-state index contributed by atoms with van der Waals surface area (Å²) >= 11 is 3.21. The van der Waals surface area contributed by atoms with Crippen molar-refractivity contribution < 1.29 is 8.78 Å². The van der Waals surface area contributed by atoms with E-state index < -0.39 is 0 Å². The van der Waals surface area contributed by atoms with Gasteiger partial charge in [0.25, 0.3) is 0 Å². The van der Waals surface area contributed by atoms with Crippen LogP contribution in [0, 0.1) is 11.6 Å². The number of rotatable bonds is 3. The number of anilines is 1. The molecule has 1 N–H and O–H groups in total. The highest BCUT2D eigenvalue weighted by Crippen LogP contribution is 2.24. The average molecular weight is 312 g/mol. The molecule has 0 spiro atoms. The van der Waals surface area contributed by atoms with Crippen LogP contribution >= 0.6 is 15.9 Å². The first-order chi connectivity index (χ1) is 8.56. The molecule has 0 radical (unpaired) electrons. The first kappa shape index (κ1) is 13.0. The molecule has 0 aliphatic heterocycles. The van der Waals surface area contributed by atoms with Crippen molar-refractivity contribution in [3.05, 3.63) is 64.1 Å². The fourth-order valence-electron chi connectivity index (χ4n) is 1.67. The lowest BCUT2D eigenvalue weighted by Gasteiger charge is -2.16. The molecule has 4 heteroatoms. The third kappa shape index (κ3) is 3.07. The Bertz CT molecular complexity index is 540. The van der Waals surface area contributed by atoms with Crippen LogP contribution in [0.25, 0.3) is 0 Å². The maximum Gasteiger partial charge on any atom is 0.147 e. The highest BCUT2D eigenvalue weighted by molar-refractivity contribution is 9.10. The van der Waals surface area contributed by atoms with Crippen molar-refractivity contribution in [1.29, 1.82) is 0 Å². The Balaban J connectivity index is 2.15. The molecule has 0 fully saturated rings. The van der Waals surface area contributed by atoms with Crippen LogP contribution in [0.4, 0.5) is 14.5 Å². The maximum atomic E-state index is 13.6. The Hall–Kier alpha value is -1.42. The lowest BCUT2D eigenvalue weighted by molar-refractivity contribution is 0.623. The van der Waals surface area contributed by atoms with Gasteiger partial charge in [-0.05, 0) is 42.8 Å². The molecule has 0 heterocycles. The minimum absolute atomic E-state index is 0.0960. The highest BCUT2D eigenvalue weighted by atomic mass is 79.9. The molecular formula is C14H12BrF2N. The maximum absolute atomic E-state index is 13.6. The summed E-state index contributed by atoms with van der Waals surface area (Å²) in [4.78, 5) is 0. The highest BCUT2D eigenvalue weighted by Gasteiger charge is 2.08. The fraction of sp³-hybridized carbons (Fsp3) is 0.143. The molecule has 0 aliphatic rings. The zero-order valence-electron chi connectivity index (χ0n) is 9.75. The number of nitrogens with one attached hydrogen (secondary N) is 1. The van der Waals surface area contributed by atoms with Gasteiger partial charge in [-0.15, -0.1) is 0 Å². The second-order valence-electron chi connectivity index (χ2n) is 4.04. The van der Waals surface area contributed by atoms with Crippen molar-refractivity contribution in [2.24, 2.45) is 0 Å². The Kier molecular flexibility index (Phi) is 3.97. The molecule has 1 unspecified atom stereocenters. The number of benzene rings is 2. The molecule has 0 aliphatic carbocycles. The number of hydrogen-bond acceptors (Lipinski definition) is 1. The Morgan fingerprint density at radius 1 is 1.06 bits per heavy atom. The standard InChI is InChI=1S/C14H12BrF2N/c1-9(10-2-5-12(16)6-3-10)18-14-7-4-11(15)8-13(14)17/h2-9,18H,1H3. The van der Waals surface area contributed by atoms with E-state index in [9.17, 15) is 8.78 Å². The molecule has 0 aromatic heterocycles. The van der Waals surface area contributed by atoms with Crippen molar-refractivity contribution in [2.75, 3.05) is 5.32 Å². The van der Waals surface area contributed by atoms with Gasteiger partial charge in [0.05, 0.1) is 5.69 Å². The Morgan fingerprint density at radius 3 is 2.33 bits per heavy atom. The van der Waals surface area contributed by atoms with Gasteiger partial charge in [0.2, 0.25) is 0 Å². The zero-order chi connectivity index (χ0) is 13.1. The first-order valence-corrected chi connectivity index (χ1v) is 6.32. The third-order valence-electron chi connectivity index (χ3n) is 2.67. The second-order valence-corrected chi connectivity index (χ2v) is 4.96. The fourth-order valence-corrected chi connectivity index (χ4v) is 2.01. The molecule has 94 valence electrons. The van der Waals surface area contributed by atoms with Crippen LogP contribution in [-0.2, 0) is 0 Å². The van der Waals surface area contributed by atoms with Crippen LogP contribution < -0.4 is 5.32 Å². The van der Waals surface area contributed by atoms with Gasteiger partial charge in [-0.2, -0.15) is 0 Å². The zero-order valence-corrected chi connectivity index (χ0v) is 11.3. The molecular weight excluding hydrogens is 300 g/mol. The van der Waals surface area contributed by atoms with Gasteiger partial charge in [-0.3, -0.25) is 0 Å². The molecule has 2 rings (SSSR count). The molecule has 0 saturated heterocycles. The molecule has 1 nitrogen and oxygen atoms in total. The molecule has 0 bridgehead atoms. The summed E-state index contributed by atoms with van der Waals surface area (Å²) in [5.74, 6) is -0.598. The summed E-state index contributed by atoms with van der Waals surface area (Å²) in [6.07, 6.45) is 0. The average Bonchev–Trinajstić information content (AvgIpc) is 2.33. The van der Waals surface area contributed by atoms with Gasteiger partial charge in [-0.25, -0.2) is 8.78 Å². The monoisotopic (exact) mass is 311 g/mol. The van der Waals surface area contributed by atoms with E-state index in [1.165, 1.54) is 18.2 Å². The van der Waals surface area contributed by atoms with Crippen molar-refractivity contribution >= 4 is 21.6 Å². The molecule has 18 heavy (non-hydrogen) atoms. The largest absolute Gasteiger partial charge is 0.376 e. The Labute approximate surface area is 113 Å². The van der Waals surface area contributed by atoms with Crippen molar-refractivity contribution in [3.63, 3.8) is 0 Å². The van der Waals surface area contributed by atoms with E-state index in [4.69, 9.17) is 0 Å². The van der Waals surface area contributed by atoms with E-state index in [1.54, 1.807) is 24.3 Å². The van der Waals surface area contributed by atoms with Crippen molar-refractivity contribution in [2.45, 2.75) is 13.0 Å². The predicted molar refractivity (Wildman–Crippen MR) is 72.5 cm³/mol. The number of hydrogen-bond donors (Lipinski definition) is 1. The lowest BCUT2D eigenvalue weighted by Crippen LogP contribution is -2.07. The van der Waals surface area contributed by atoms with Crippen LogP contribution in [-0.4, -0.2) is 0 Å². The smallest absolute Gasteiger partial charge is 0.147 e. The van der Waals surface area contributed by atoms with E-state index in [0.717, 1.165) is 5.56 Å². The summed E-state index contributed by atoms with van der Waals surface area (Å²) in [7, 11) is 0. The lowest BCUT2D eigenvalue weighted by atomic mass is 10.1. The van der Waals surface area contributed by atoms with Crippen LogP contribution in [0.3, 0.4) is 0 Å². The normalized spacial score (nSPS) is 12.2. The summed E-state index contributed by atoms with van der Waals surface area (Å²) < 4.78 is 27.1. The predicted octanol–water partition coefficient (Wildman–Crippen LogP) is 4.90. The SMILES string of the molecule is CC(Nc1ccc(Br)cc1F)c1ccc(F)cc1. The molecule has 0 saturated carbocycles. The molecule has 0 amide bonds. The van der Waals surface area contributed by atoms with Gasteiger partial charge in [0.1, 0.15) is 11.6 Å². The summed E-state index contributed by atoms with van der Waals surface area (Å²) in [5, 5.41) is 3.05. The van der Waals surface area contributed by atoms with Gasteiger partial charge in [0.15, 0.2) is 0 Å². The Morgan fingerprint density at radius 2 is 1.72 bits per heavy atom. The van der Waals surface area contributed by atoms with Gasteiger partial charge in [0, 0.05) is 10.5 Å². The van der Waals surface area contributed by atoms with E-state index in [-0.39, 0.29) is 17.7 Å². The van der Waals surface area contributed by atoms with E-state index in [1.807, 2.05) is 6.92 Å². The minimum atomic E-state index is -0.321.